The molecule has 2 aromatic rings. The molecule has 4 fully saturated rings. The number of anilines is 2. The first-order chi connectivity index (χ1) is 18.9. The zero-order valence-corrected chi connectivity index (χ0v) is 22.2. The van der Waals surface area contributed by atoms with E-state index in [0.29, 0.717) is 23.3 Å². The van der Waals surface area contributed by atoms with Crippen molar-refractivity contribution in [1.29, 1.82) is 0 Å². The highest BCUT2D eigenvalue weighted by Crippen LogP contribution is 2.65. The maximum atomic E-state index is 13.4. The molecule has 0 N–H and O–H groups in total. The van der Waals surface area contributed by atoms with Crippen molar-refractivity contribution >= 4 is 35.1 Å². The van der Waals surface area contributed by atoms with E-state index >= 15 is 0 Å². The molecule has 0 aromatic heterocycles. The van der Waals surface area contributed by atoms with E-state index in [-0.39, 0.29) is 54.4 Å². The van der Waals surface area contributed by atoms with E-state index in [4.69, 9.17) is 4.74 Å². The van der Waals surface area contributed by atoms with Crippen LogP contribution in [0.1, 0.15) is 37.8 Å². The van der Waals surface area contributed by atoms with Crippen LogP contribution in [0.3, 0.4) is 0 Å². The fourth-order valence-electron chi connectivity index (χ4n) is 7.72. The Bertz CT molecular complexity index is 1370. The number of imide groups is 1. The Kier molecular flexibility index (Phi) is 5.55. The summed E-state index contributed by atoms with van der Waals surface area (Å²) in [5.41, 5.74) is 3.63. The molecule has 0 radical (unpaired) electrons. The summed E-state index contributed by atoms with van der Waals surface area (Å²) in [6, 6.07) is 12.7. The fraction of sp³-hybridized carbons (Fsp3) is 0.438. The van der Waals surface area contributed by atoms with Crippen molar-refractivity contribution in [3.8, 4) is 5.75 Å². The van der Waals surface area contributed by atoms with Crippen molar-refractivity contribution in [3.63, 3.8) is 0 Å². The number of esters is 1. The first kappa shape index (κ1) is 24.3. The third kappa shape index (κ3) is 3.62. The van der Waals surface area contributed by atoms with Crippen molar-refractivity contribution in [3.05, 3.63) is 65.7 Å². The Labute approximate surface area is 227 Å². The van der Waals surface area contributed by atoms with Crippen LogP contribution in [-0.4, -0.2) is 30.2 Å². The number of hydrogen-bond donors (Lipinski definition) is 0. The molecule has 8 rings (SSSR count). The molecule has 2 saturated carbocycles. The minimum Gasteiger partial charge on any atom is -0.426 e. The molecule has 6 aliphatic rings. The van der Waals surface area contributed by atoms with Gasteiger partial charge in [-0.15, -0.1) is 0 Å². The van der Waals surface area contributed by atoms with Gasteiger partial charge in [0.25, 0.3) is 0 Å². The van der Waals surface area contributed by atoms with Crippen molar-refractivity contribution in [1.82, 2.24) is 0 Å². The molecule has 2 saturated heterocycles. The molecule has 2 heterocycles. The second kappa shape index (κ2) is 8.90. The highest BCUT2D eigenvalue weighted by atomic mass is 16.5. The van der Waals surface area contributed by atoms with Gasteiger partial charge in [-0.3, -0.25) is 24.1 Å². The average Bonchev–Trinajstić information content (AvgIpc) is 3.63. The van der Waals surface area contributed by atoms with Gasteiger partial charge < -0.3 is 9.64 Å². The van der Waals surface area contributed by atoms with Crippen LogP contribution < -0.4 is 14.5 Å². The number of amides is 3. The van der Waals surface area contributed by atoms with E-state index in [2.05, 4.69) is 26.0 Å². The van der Waals surface area contributed by atoms with Crippen LogP contribution in [0.4, 0.5) is 11.4 Å². The molecule has 0 spiro atoms. The predicted octanol–water partition coefficient (Wildman–Crippen LogP) is 4.33. The number of ether oxygens (including phenoxy) is 1. The van der Waals surface area contributed by atoms with Gasteiger partial charge in [0.15, 0.2) is 0 Å². The summed E-state index contributed by atoms with van der Waals surface area (Å²) < 4.78 is 5.66. The third-order valence-corrected chi connectivity index (χ3v) is 9.67. The summed E-state index contributed by atoms with van der Waals surface area (Å²) in [4.78, 5) is 55.8. The molecule has 2 aromatic carbocycles. The molecule has 7 atom stereocenters. The lowest BCUT2D eigenvalue weighted by molar-refractivity contribution is -0.139. The molecule has 2 bridgehead atoms. The summed E-state index contributed by atoms with van der Waals surface area (Å²) in [5.74, 6) is 0.00292. The number of hydrogen-bond acceptors (Lipinski definition) is 5. The summed E-state index contributed by atoms with van der Waals surface area (Å²) in [6.45, 7) is 4.42. The first-order valence-corrected chi connectivity index (χ1v) is 14.2. The summed E-state index contributed by atoms with van der Waals surface area (Å²) in [7, 11) is 0. The van der Waals surface area contributed by atoms with Gasteiger partial charge in [0.05, 0.1) is 23.4 Å². The smallest absolute Gasteiger partial charge is 0.316 e. The minimum absolute atomic E-state index is 0.0727. The molecular formula is C32H32N2O5. The molecule has 7 heteroatoms. The number of carbonyl (C=O) groups is 4. The number of nitrogens with zero attached hydrogens (tertiary/aromatic N) is 2. The average molecular weight is 525 g/mol. The lowest BCUT2D eigenvalue weighted by atomic mass is 9.63. The molecule has 7 nitrogen and oxygen atoms in total. The number of benzene rings is 2. The van der Waals surface area contributed by atoms with Crippen LogP contribution in [-0.2, 0) is 32.0 Å². The second-order valence-corrected chi connectivity index (χ2v) is 11.6. The quantitative estimate of drug-likeness (QED) is 0.243. The van der Waals surface area contributed by atoms with Crippen LogP contribution in [0.2, 0.25) is 0 Å². The van der Waals surface area contributed by atoms with Crippen LogP contribution in [0.5, 0.6) is 5.75 Å². The SMILES string of the molecule is CCc1cccc(CC)c1N1C[C@H](C(=O)Oc2ccc(N3C(=O)[C@@H]4[C@H]5C=C[C@@H]([C@@H]6C[C@@H]56)[C@H]4C3=O)cc2)CC1=O. The maximum Gasteiger partial charge on any atom is 0.316 e. The van der Waals surface area contributed by atoms with Gasteiger partial charge >= 0.3 is 5.97 Å². The van der Waals surface area contributed by atoms with Crippen molar-refractivity contribution in [2.45, 2.75) is 39.5 Å². The molecule has 0 unspecified atom stereocenters. The summed E-state index contributed by atoms with van der Waals surface area (Å²) in [6.07, 6.45) is 7.17. The topological polar surface area (TPSA) is 84.0 Å². The lowest BCUT2D eigenvalue weighted by Crippen LogP contribution is -2.40. The minimum atomic E-state index is -0.564. The van der Waals surface area contributed by atoms with Gasteiger partial charge in [0, 0.05) is 18.7 Å². The highest BCUT2D eigenvalue weighted by molar-refractivity contribution is 6.22. The Morgan fingerprint density at radius 2 is 1.46 bits per heavy atom. The van der Waals surface area contributed by atoms with Crippen molar-refractivity contribution < 1.29 is 23.9 Å². The van der Waals surface area contributed by atoms with E-state index in [9.17, 15) is 19.2 Å². The van der Waals surface area contributed by atoms with Gasteiger partial charge in [-0.05, 0) is 78.3 Å². The Morgan fingerprint density at radius 1 is 0.872 bits per heavy atom. The molecule has 2 aliphatic heterocycles. The van der Waals surface area contributed by atoms with Crippen LogP contribution in [0.15, 0.2) is 54.6 Å². The molecule has 200 valence electrons. The predicted molar refractivity (Wildman–Crippen MR) is 145 cm³/mol. The molecule has 39 heavy (non-hydrogen) atoms. The van der Waals surface area contributed by atoms with Crippen molar-refractivity contribution in [2.24, 2.45) is 41.4 Å². The van der Waals surface area contributed by atoms with E-state index in [1.807, 2.05) is 18.2 Å². The van der Waals surface area contributed by atoms with E-state index in [1.54, 1.807) is 29.2 Å². The largest absolute Gasteiger partial charge is 0.426 e. The number of carbonyl (C=O) groups excluding carboxylic acids is 4. The van der Waals surface area contributed by atoms with Crippen LogP contribution in [0, 0.1) is 41.4 Å². The van der Waals surface area contributed by atoms with Crippen LogP contribution >= 0.6 is 0 Å². The van der Waals surface area contributed by atoms with E-state index in [1.165, 1.54) is 4.90 Å². The first-order valence-electron chi connectivity index (χ1n) is 14.2. The maximum absolute atomic E-state index is 13.4. The zero-order valence-electron chi connectivity index (χ0n) is 22.2. The van der Waals surface area contributed by atoms with Gasteiger partial charge in [-0.25, -0.2) is 0 Å². The van der Waals surface area contributed by atoms with Crippen LogP contribution in [0.25, 0.3) is 0 Å². The van der Waals surface area contributed by atoms with Gasteiger partial charge in [-0.1, -0.05) is 44.2 Å². The lowest BCUT2D eigenvalue weighted by Gasteiger charge is -2.37. The molecule has 4 aliphatic carbocycles. The highest BCUT2D eigenvalue weighted by Gasteiger charge is 2.67. The number of allylic oxidation sites excluding steroid dienone is 2. The third-order valence-electron chi connectivity index (χ3n) is 9.67. The Balaban J connectivity index is 1.04. The Morgan fingerprint density at radius 3 is 2.03 bits per heavy atom. The van der Waals surface area contributed by atoms with E-state index in [0.717, 1.165) is 36.1 Å². The fourth-order valence-corrected chi connectivity index (χ4v) is 7.72. The second-order valence-electron chi connectivity index (χ2n) is 11.6. The van der Waals surface area contributed by atoms with Gasteiger partial charge in [-0.2, -0.15) is 0 Å². The zero-order chi connectivity index (χ0) is 27.0. The van der Waals surface area contributed by atoms with Crippen molar-refractivity contribution in [2.75, 3.05) is 16.3 Å². The Hall–Kier alpha value is -3.74. The molecular weight excluding hydrogens is 492 g/mol. The normalized spacial score (nSPS) is 32.1. The standard InChI is InChI=1S/C32H32N2O5/c1-3-17-6-5-7-18(4-2)29(17)33-16-19(14-26(33)35)32(38)39-21-10-8-20(9-11-21)34-30(36)27-22-12-13-23(25-15-24(22)25)28(27)31(34)37/h5-13,19,22-25,27-28H,3-4,14-16H2,1-2H3/t19-,22+,23+,24+,25+,27-,28-/m1/s1. The molecule has 3 amide bonds. The van der Waals surface area contributed by atoms with E-state index < -0.39 is 11.9 Å². The number of rotatable bonds is 6. The number of para-hydroxylation sites is 1. The summed E-state index contributed by atoms with van der Waals surface area (Å²) >= 11 is 0. The summed E-state index contributed by atoms with van der Waals surface area (Å²) in [5, 5.41) is 0. The monoisotopic (exact) mass is 524 g/mol. The van der Waals surface area contributed by atoms with Gasteiger partial charge in [0.1, 0.15) is 5.75 Å². The van der Waals surface area contributed by atoms with Gasteiger partial charge in [0.2, 0.25) is 17.7 Å². The number of aryl methyl sites for hydroxylation is 2.